The van der Waals surface area contributed by atoms with Crippen molar-refractivity contribution in [3.05, 3.63) is 82.2 Å². The van der Waals surface area contributed by atoms with Gasteiger partial charge in [0.15, 0.2) is 11.2 Å². The van der Waals surface area contributed by atoms with E-state index < -0.39 is 0 Å². The quantitative estimate of drug-likeness (QED) is 0.595. The van der Waals surface area contributed by atoms with E-state index in [1.165, 1.54) is 12.3 Å². The molecule has 3 rings (SSSR count). The molecule has 0 saturated heterocycles. The monoisotopic (exact) mass is 292 g/mol. The van der Waals surface area contributed by atoms with Crippen molar-refractivity contribution in [2.75, 3.05) is 0 Å². The molecule has 0 radical (unpaired) electrons. The van der Waals surface area contributed by atoms with Crippen molar-refractivity contribution in [1.29, 1.82) is 0 Å². The average molecular weight is 292 g/mol. The van der Waals surface area contributed by atoms with Crippen molar-refractivity contribution in [3.8, 4) is 0 Å². The lowest BCUT2D eigenvalue weighted by Gasteiger charge is -2.00. The van der Waals surface area contributed by atoms with Gasteiger partial charge in [-0.3, -0.25) is 9.59 Å². The first-order valence-electron chi connectivity index (χ1n) is 6.65. The van der Waals surface area contributed by atoms with Crippen LogP contribution in [0.1, 0.15) is 16.1 Å². The fourth-order valence-electron chi connectivity index (χ4n) is 1.99. The summed E-state index contributed by atoms with van der Waals surface area (Å²) in [5, 5.41) is 4.32. The van der Waals surface area contributed by atoms with Gasteiger partial charge in [-0.2, -0.15) is 5.10 Å². The molecule has 108 valence electrons. The molecule has 1 aromatic heterocycles. The number of carbonyl (C=O) groups is 1. The van der Waals surface area contributed by atoms with Crippen LogP contribution in [0.4, 0.5) is 0 Å². The summed E-state index contributed by atoms with van der Waals surface area (Å²) in [6.07, 6.45) is 1.30. The predicted molar refractivity (Wildman–Crippen MR) is 84.0 cm³/mol. The first-order chi connectivity index (χ1) is 10.7. The second-order valence-electron chi connectivity index (χ2n) is 4.57. The van der Waals surface area contributed by atoms with Crippen LogP contribution >= 0.6 is 0 Å². The second kappa shape index (κ2) is 6.05. The normalized spacial score (nSPS) is 10.9. The van der Waals surface area contributed by atoms with Gasteiger partial charge >= 0.3 is 0 Å². The lowest BCUT2D eigenvalue weighted by atomic mass is 10.2. The van der Waals surface area contributed by atoms with E-state index in [1.807, 2.05) is 6.07 Å². The maximum Gasteiger partial charge on any atom is 0.271 e. The zero-order chi connectivity index (χ0) is 15.4. The van der Waals surface area contributed by atoms with Crippen LogP contribution in [0, 0.1) is 0 Å². The number of benzene rings is 2. The number of nitrogens with one attached hydrogen (secondary N) is 1. The topological polar surface area (TPSA) is 71.7 Å². The zero-order valence-corrected chi connectivity index (χ0v) is 11.5. The molecule has 0 fully saturated rings. The Morgan fingerprint density at radius 3 is 2.59 bits per heavy atom. The molecular weight excluding hydrogens is 280 g/mol. The van der Waals surface area contributed by atoms with E-state index >= 15 is 0 Å². The van der Waals surface area contributed by atoms with Gasteiger partial charge in [-0.05, 0) is 24.3 Å². The Hall–Kier alpha value is -3.21. The number of fused-ring (bicyclic) bond motifs is 1. The third-order valence-electron chi connectivity index (χ3n) is 3.05. The Kier molecular flexibility index (Phi) is 3.78. The number of carbonyl (C=O) groups excluding carboxylic acids is 1. The largest absolute Gasteiger partial charge is 0.455 e. The molecular formula is C17H12N2O3. The summed E-state index contributed by atoms with van der Waals surface area (Å²) >= 11 is 0. The summed E-state index contributed by atoms with van der Waals surface area (Å²) < 4.78 is 5.53. The van der Waals surface area contributed by atoms with Crippen molar-refractivity contribution in [1.82, 2.24) is 5.43 Å². The molecule has 5 heteroatoms. The molecule has 1 amide bonds. The van der Waals surface area contributed by atoms with Crippen LogP contribution in [0.2, 0.25) is 0 Å². The summed E-state index contributed by atoms with van der Waals surface area (Å²) in [7, 11) is 0. The first-order valence-corrected chi connectivity index (χ1v) is 6.65. The molecule has 0 aliphatic rings. The summed E-state index contributed by atoms with van der Waals surface area (Å²) in [6.45, 7) is 0. The Labute approximate surface area is 125 Å². The van der Waals surface area contributed by atoms with Gasteiger partial charge in [0.25, 0.3) is 5.91 Å². The van der Waals surface area contributed by atoms with Crippen LogP contribution in [0.3, 0.4) is 0 Å². The van der Waals surface area contributed by atoms with E-state index in [1.54, 1.807) is 48.5 Å². The smallest absolute Gasteiger partial charge is 0.271 e. The summed E-state index contributed by atoms with van der Waals surface area (Å²) in [5.41, 5.74) is 3.21. The Morgan fingerprint density at radius 2 is 1.77 bits per heavy atom. The molecule has 1 heterocycles. The summed E-state index contributed by atoms with van der Waals surface area (Å²) in [5.74, 6) is -0.0583. The van der Waals surface area contributed by atoms with Crippen LogP contribution in [0.25, 0.3) is 11.0 Å². The molecule has 0 unspecified atom stereocenters. The van der Waals surface area contributed by atoms with Gasteiger partial charge in [0.2, 0.25) is 0 Å². The van der Waals surface area contributed by atoms with Gasteiger partial charge in [-0.25, -0.2) is 5.43 Å². The van der Waals surface area contributed by atoms with E-state index in [0.717, 1.165) is 0 Å². The van der Waals surface area contributed by atoms with Crippen molar-refractivity contribution in [2.45, 2.75) is 0 Å². The number of para-hydroxylation sites is 1. The minimum atomic E-state index is -0.333. The van der Waals surface area contributed by atoms with Gasteiger partial charge in [0.05, 0.1) is 11.6 Å². The second-order valence-corrected chi connectivity index (χ2v) is 4.57. The molecule has 2 aromatic carbocycles. The maximum atomic E-state index is 11.9. The zero-order valence-electron chi connectivity index (χ0n) is 11.5. The highest BCUT2D eigenvalue weighted by Gasteiger charge is 2.04. The number of hydrogen-bond donors (Lipinski definition) is 1. The van der Waals surface area contributed by atoms with Gasteiger partial charge in [-0.1, -0.05) is 30.3 Å². The number of hydrazone groups is 1. The van der Waals surface area contributed by atoms with Crippen molar-refractivity contribution < 1.29 is 9.21 Å². The third kappa shape index (κ3) is 2.93. The van der Waals surface area contributed by atoms with Gasteiger partial charge in [0, 0.05) is 11.6 Å². The molecule has 0 bridgehead atoms. The van der Waals surface area contributed by atoms with E-state index in [9.17, 15) is 9.59 Å². The Bertz CT molecular complexity index is 898. The van der Waals surface area contributed by atoms with Crippen LogP contribution < -0.4 is 10.9 Å². The van der Waals surface area contributed by atoms with E-state index in [0.29, 0.717) is 16.5 Å². The highest BCUT2D eigenvalue weighted by atomic mass is 16.3. The minimum absolute atomic E-state index is 0.155. The standard InChI is InChI=1S/C17H12N2O3/c20-15-10-13(22-16-9-5-4-8-14(15)16)11-18-19-17(21)12-6-2-1-3-7-12/h1-11H,(H,19,21). The highest BCUT2D eigenvalue weighted by molar-refractivity contribution is 5.94. The third-order valence-corrected chi connectivity index (χ3v) is 3.05. The number of amides is 1. The van der Waals surface area contributed by atoms with E-state index in [4.69, 9.17) is 4.42 Å². The number of rotatable bonds is 3. The van der Waals surface area contributed by atoms with E-state index in [2.05, 4.69) is 10.5 Å². The van der Waals surface area contributed by atoms with Gasteiger partial charge in [-0.15, -0.1) is 0 Å². The number of hydrogen-bond acceptors (Lipinski definition) is 4. The highest BCUT2D eigenvalue weighted by Crippen LogP contribution is 2.10. The van der Waals surface area contributed by atoms with Crippen LogP contribution in [-0.4, -0.2) is 12.1 Å². The van der Waals surface area contributed by atoms with Crippen LogP contribution in [0.5, 0.6) is 0 Å². The van der Waals surface area contributed by atoms with Gasteiger partial charge < -0.3 is 4.42 Å². The van der Waals surface area contributed by atoms with Crippen LogP contribution in [-0.2, 0) is 0 Å². The first kappa shape index (κ1) is 13.8. The SMILES string of the molecule is O=C(NN=Cc1cc(=O)c2ccccc2o1)c1ccccc1. The molecule has 0 aliphatic carbocycles. The summed E-state index contributed by atoms with van der Waals surface area (Å²) in [6, 6.07) is 17.0. The molecule has 0 atom stereocenters. The fraction of sp³-hybridized carbons (Fsp3) is 0. The molecule has 1 N–H and O–H groups in total. The molecule has 3 aromatic rings. The van der Waals surface area contributed by atoms with Crippen molar-refractivity contribution >= 4 is 23.1 Å². The number of nitrogens with zero attached hydrogens (tertiary/aromatic N) is 1. The Morgan fingerprint density at radius 1 is 1.05 bits per heavy atom. The Balaban J connectivity index is 1.79. The van der Waals surface area contributed by atoms with Crippen molar-refractivity contribution in [3.63, 3.8) is 0 Å². The lowest BCUT2D eigenvalue weighted by molar-refractivity contribution is 0.0955. The molecule has 22 heavy (non-hydrogen) atoms. The lowest BCUT2D eigenvalue weighted by Crippen LogP contribution is -2.17. The minimum Gasteiger partial charge on any atom is -0.455 e. The van der Waals surface area contributed by atoms with E-state index in [-0.39, 0.29) is 17.1 Å². The molecule has 0 aliphatic heterocycles. The summed E-state index contributed by atoms with van der Waals surface area (Å²) in [4.78, 5) is 23.7. The van der Waals surface area contributed by atoms with Crippen molar-refractivity contribution in [2.24, 2.45) is 5.10 Å². The molecule has 0 saturated carbocycles. The van der Waals surface area contributed by atoms with Gasteiger partial charge in [0.1, 0.15) is 5.58 Å². The predicted octanol–water partition coefficient (Wildman–Crippen LogP) is 2.56. The van der Waals surface area contributed by atoms with Crippen LogP contribution in [0.15, 0.2) is 75.0 Å². The molecule has 0 spiro atoms. The molecule has 5 nitrogen and oxygen atoms in total. The maximum absolute atomic E-state index is 11.9. The average Bonchev–Trinajstić information content (AvgIpc) is 2.56. The fourth-order valence-corrected chi connectivity index (χ4v) is 1.99.